The van der Waals surface area contributed by atoms with Gasteiger partial charge in [0.15, 0.2) is 11.5 Å². The lowest BCUT2D eigenvalue weighted by molar-refractivity contribution is 0.297. The van der Waals surface area contributed by atoms with Gasteiger partial charge in [-0.3, -0.25) is 11.2 Å². The van der Waals surface area contributed by atoms with Crippen molar-refractivity contribution in [2.24, 2.45) is 5.84 Å². The fourth-order valence-electron chi connectivity index (χ4n) is 1.60. The zero-order chi connectivity index (χ0) is 11.2. The van der Waals surface area contributed by atoms with Crippen molar-refractivity contribution in [1.29, 1.82) is 0 Å². The molecule has 0 saturated heterocycles. The van der Waals surface area contributed by atoms with E-state index in [1.54, 1.807) is 0 Å². The van der Waals surface area contributed by atoms with E-state index in [4.69, 9.17) is 15.3 Å². The van der Waals surface area contributed by atoms with Crippen LogP contribution in [0.2, 0.25) is 0 Å². The summed E-state index contributed by atoms with van der Waals surface area (Å²) in [5.41, 5.74) is 3.70. The third-order valence-electron chi connectivity index (χ3n) is 2.37. The Kier molecular flexibility index (Phi) is 3.98. The summed E-state index contributed by atoms with van der Waals surface area (Å²) in [6, 6.07) is 5.98. The van der Waals surface area contributed by atoms with E-state index in [1.807, 2.05) is 18.2 Å². The lowest BCUT2D eigenvalue weighted by Crippen LogP contribution is -2.33. The predicted octanol–water partition coefficient (Wildman–Crippen LogP) is 0.358. The molecule has 1 aromatic rings. The van der Waals surface area contributed by atoms with Gasteiger partial charge in [0.05, 0.1) is 19.9 Å². The zero-order valence-electron chi connectivity index (χ0n) is 9.16. The van der Waals surface area contributed by atoms with Crippen LogP contribution in [0.1, 0.15) is 12.0 Å². The Balaban J connectivity index is 2.02. The Morgan fingerprint density at radius 3 is 2.81 bits per heavy atom. The topological polar surface area (TPSA) is 68.5 Å². The molecular formula is C11H17N3O2. The van der Waals surface area contributed by atoms with Crippen LogP contribution in [-0.4, -0.2) is 19.9 Å². The Morgan fingerprint density at radius 1 is 1.19 bits per heavy atom. The average Bonchev–Trinajstić information content (AvgIpc) is 2.54. The van der Waals surface area contributed by atoms with Gasteiger partial charge >= 0.3 is 0 Å². The third kappa shape index (κ3) is 2.85. The molecule has 0 amide bonds. The molecule has 16 heavy (non-hydrogen) atoms. The average molecular weight is 223 g/mol. The molecule has 0 atom stereocenters. The highest BCUT2D eigenvalue weighted by molar-refractivity contribution is 5.43. The fraction of sp³-hybridized carbons (Fsp3) is 0.455. The number of ether oxygens (including phenoxy) is 2. The van der Waals surface area contributed by atoms with Crippen molar-refractivity contribution in [1.82, 2.24) is 10.7 Å². The monoisotopic (exact) mass is 223 g/mol. The van der Waals surface area contributed by atoms with E-state index < -0.39 is 0 Å². The molecule has 1 heterocycles. The highest BCUT2D eigenvalue weighted by Gasteiger charge is 2.10. The molecule has 2 rings (SSSR count). The van der Waals surface area contributed by atoms with Crippen molar-refractivity contribution < 1.29 is 9.47 Å². The largest absolute Gasteiger partial charge is 0.490 e. The Hall–Kier alpha value is -1.30. The number of nitrogens with one attached hydrogen (secondary N) is 2. The van der Waals surface area contributed by atoms with Crippen LogP contribution in [0.15, 0.2) is 18.2 Å². The van der Waals surface area contributed by atoms with Crippen molar-refractivity contribution in [3.8, 4) is 11.5 Å². The molecule has 0 saturated carbocycles. The molecular weight excluding hydrogens is 206 g/mol. The summed E-state index contributed by atoms with van der Waals surface area (Å²) in [6.45, 7) is 2.77. The van der Waals surface area contributed by atoms with Crippen LogP contribution in [0.5, 0.6) is 11.5 Å². The molecule has 5 nitrogen and oxygen atoms in total. The maximum Gasteiger partial charge on any atom is 0.161 e. The van der Waals surface area contributed by atoms with E-state index >= 15 is 0 Å². The van der Waals surface area contributed by atoms with E-state index in [2.05, 4.69) is 10.7 Å². The van der Waals surface area contributed by atoms with Crippen LogP contribution in [0.4, 0.5) is 0 Å². The van der Waals surface area contributed by atoms with Gasteiger partial charge in [-0.15, -0.1) is 0 Å². The molecule has 0 fully saturated rings. The lowest BCUT2D eigenvalue weighted by Gasteiger charge is -2.09. The summed E-state index contributed by atoms with van der Waals surface area (Å²) < 4.78 is 11.2. The predicted molar refractivity (Wildman–Crippen MR) is 61.1 cm³/mol. The number of benzene rings is 1. The maximum absolute atomic E-state index is 5.60. The maximum atomic E-state index is 5.60. The Bertz CT molecular complexity index is 344. The molecule has 1 aromatic carbocycles. The highest BCUT2D eigenvalue weighted by atomic mass is 16.5. The summed E-state index contributed by atoms with van der Waals surface area (Å²) in [5, 5.41) is 3.14. The van der Waals surface area contributed by atoms with Gasteiger partial charge < -0.3 is 9.47 Å². The van der Waals surface area contributed by atoms with Gasteiger partial charge in [0.25, 0.3) is 0 Å². The van der Waals surface area contributed by atoms with Crippen LogP contribution >= 0.6 is 0 Å². The van der Waals surface area contributed by atoms with Gasteiger partial charge in [-0.25, -0.2) is 5.43 Å². The Morgan fingerprint density at radius 2 is 2.00 bits per heavy atom. The molecule has 88 valence electrons. The second-order valence-electron chi connectivity index (χ2n) is 3.64. The molecule has 0 radical (unpaired) electrons. The van der Waals surface area contributed by atoms with Crippen molar-refractivity contribution in [2.75, 3.05) is 19.9 Å². The van der Waals surface area contributed by atoms with Gasteiger partial charge in [-0.05, 0) is 17.7 Å². The van der Waals surface area contributed by atoms with E-state index in [9.17, 15) is 0 Å². The minimum atomic E-state index is 0.578. The second-order valence-corrected chi connectivity index (χ2v) is 3.64. The molecule has 4 N–H and O–H groups in total. The molecule has 0 aromatic heterocycles. The van der Waals surface area contributed by atoms with E-state index in [-0.39, 0.29) is 0 Å². The quantitative estimate of drug-likeness (QED) is 0.297. The normalized spacial score (nSPS) is 14.6. The van der Waals surface area contributed by atoms with Gasteiger partial charge in [0.2, 0.25) is 0 Å². The summed E-state index contributed by atoms with van der Waals surface area (Å²) in [6.07, 6.45) is 0.930. The standard InChI is InChI=1S/C11H17N3O2/c12-14-8-13-7-9-2-3-10-11(6-9)16-5-1-4-15-10/h2-3,6,13-14H,1,4-5,7-8,12H2. The lowest BCUT2D eigenvalue weighted by atomic mass is 10.2. The van der Waals surface area contributed by atoms with Crippen LogP contribution in [0, 0.1) is 0 Å². The van der Waals surface area contributed by atoms with Crippen LogP contribution in [0.3, 0.4) is 0 Å². The molecule has 1 aliphatic heterocycles. The first-order chi connectivity index (χ1) is 7.90. The second kappa shape index (κ2) is 5.69. The highest BCUT2D eigenvalue weighted by Crippen LogP contribution is 2.30. The third-order valence-corrected chi connectivity index (χ3v) is 2.37. The number of hydrogen-bond acceptors (Lipinski definition) is 5. The molecule has 0 bridgehead atoms. The van der Waals surface area contributed by atoms with Gasteiger partial charge in [-0.2, -0.15) is 0 Å². The van der Waals surface area contributed by atoms with Crippen molar-refractivity contribution in [3.63, 3.8) is 0 Å². The SMILES string of the molecule is NNCNCc1ccc2c(c1)OCCCO2. The first kappa shape index (κ1) is 11.2. The minimum Gasteiger partial charge on any atom is -0.490 e. The smallest absolute Gasteiger partial charge is 0.161 e. The zero-order valence-corrected chi connectivity index (χ0v) is 9.16. The molecule has 0 unspecified atom stereocenters. The number of fused-ring (bicyclic) bond motifs is 1. The van der Waals surface area contributed by atoms with Crippen LogP contribution < -0.4 is 26.1 Å². The number of nitrogens with two attached hydrogens (primary N) is 1. The molecule has 5 heteroatoms. The molecule has 0 spiro atoms. The molecule has 1 aliphatic rings. The van der Waals surface area contributed by atoms with E-state index in [1.165, 1.54) is 0 Å². The van der Waals surface area contributed by atoms with Crippen LogP contribution in [0.25, 0.3) is 0 Å². The fourth-order valence-corrected chi connectivity index (χ4v) is 1.60. The number of hydrogen-bond donors (Lipinski definition) is 3. The van der Waals surface area contributed by atoms with Gasteiger partial charge in [0, 0.05) is 13.0 Å². The first-order valence-corrected chi connectivity index (χ1v) is 5.43. The van der Waals surface area contributed by atoms with Gasteiger partial charge in [0.1, 0.15) is 0 Å². The first-order valence-electron chi connectivity index (χ1n) is 5.43. The summed E-state index contributed by atoms with van der Waals surface area (Å²) in [5.74, 6) is 6.83. The summed E-state index contributed by atoms with van der Waals surface area (Å²) in [4.78, 5) is 0. The van der Waals surface area contributed by atoms with Crippen molar-refractivity contribution in [3.05, 3.63) is 23.8 Å². The van der Waals surface area contributed by atoms with E-state index in [0.29, 0.717) is 13.3 Å². The Labute approximate surface area is 94.9 Å². The van der Waals surface area contributed by atoms with Gasteiger partial charge in [-0.1, -0.05) is 6.07 Å². The summed E-state index contributed by atoms with van der Waals surface area (Å²) in [7, 11) is 0. The minimum absolute atomic E-state index is 0.578. The van der Waals surface area contributed by atoms with E-state index in [0.717, 1.165) is 36.6 Å². The number of hydrazine groups is 1. The van der Waals surface area contributed by atoms with Crippen LogP contribution in [-0.2, 0) is 6.54 Å². The van der Waals surface area contributed by atoms with Crippen molar-refractivity contribution >= 4 is 0 Å². The summed E-state index contributed by atoms with van der Waals surface area (Å²) >= 11 is 0. The van der Waals surface area contributed by atoms with Crippen molar-refractivity contribution in [2.45, 2.75) is 13.0 Å². The number of rotatable bonds is 4. The molecule has 0 aliphatic carbocycles.